The Morgan fingerprint density at radius 1 is 1.41 bits per heavy atom. The Bertz CT molecular complexity index is 565. The number of carbonyl (C=O) groups excluding carboxylic acids is 1. The summed E-state index contributed by atoms with van der Waals surface area (Å²) in [6, 6.07) is 7.78. The van der Waals surface area contributed by atoms with E-state index < -0.39 is 0 Å². The number of aromatic nitrogens is 1. The Hall–Kier alpha value is -1.20. The van der Waals surface area contributed by atoms with Crippen molar-refractivity contribution < 1.29 is 4.79 Å². The smallest absolute Gasteiger partial charge is 0.164 e. The lowest BCUT2D eigenvalue weighted by Gasteiger charge is -2.07. The first kappa shape index (κ1) is 12.3. The largest absolute Gasteiger partial charge is 0.344 e. The van der Waals surface area contributed by atoms with Gasteiger partial charge < -0.3 is 5.32 Å². The van der Waals surface area contributed by atoms with E-state index in [-0.39, 0.29) is 5.78 Å². The predicted molar refractivity (Wildman–Crippen MR) is 74.3 cm³/mol. The van der Waals surface area contributed by atoms with Gasteiger partial charge in [0.2, 0.25) is 0 Å². The Balaban J connectivity index is 2.37. The number of nitrogens with one attached hydrogen (secondary N) is 1. The van der Waals surface area contributed by atoms with Crippen LogP contribution in [0.3, 0.4) is 0 Å². The first-order chi connectivity index (χ1) is 8.09. The van der Waals surface area contributed by atoms with Crippen LogP contribution in [0.4, 0.5) is 10.7 Å². The van der Waals surface area contributed by atoms with Gasteiger partial charge in [-0.05, 0) is 53.4 Å². The van der Waals surface area contributed by atoms with E-state index in [2.05, 4.69) is 25.6 Å². The van der Waals surface area contributed by atoms with Gasteiger partial charge in [-0.3, -0.25) is 4.79 Å². The average molecular weight is 311 g/mol. The van der Waals surface area contributed by atoms with Gasteiger partial charge in [0.05, 0.1) is 16.9 Å². The molecule has 0 unspecified atom stereocenters. The van der Waals surface area contributed by atoms with Crippen LogP contribution in [0.2, 0.25) is 0 Å². The van der Waals surface area contributed by atoms with Gasteiger partial charge in [0.15, 0.2) is 5.78 Å². The molecule has 88 valence electrons. The number of carbonyl (C=O) groups is 1. The lowest BCUT2D eigenvalue weighted by atomic mass is 10.2. The maximum atomic E-state index is 11.5. The molecule has 3 nitrogen and oxygen atoms in total. The number of halogens is 1. The topological polar surface area (TPSA) is 42.0 Å². The molecular weight excluding hydrogens is 300 g/mol. The summed E-state index contributed by atoms with van der Waals surface area (Å²) in [7, 11) is 0. The number of nitrogens with zero attached hydrogens (tertiary/aromatic N) is 1. The van der Waals surface area contributed by atoms with Gasteiger partial charge in [-0.15, -0.1) is 0 Å². The molecular formula is C12H11BrN2OS. The van der Waals surface area contributed by atoms with Crippen LogP contribution in [0.5, 0.6) is 0 Å². The zero-order valence-electron chi connectivity index (χ0n) is 9.45. The molecule has 0 amide bonds. The van der Waals surface area contributed by atoms with Gasteiger partial charge in [0.1, 0.15) is 5.00 Å². The molecule has 0 spiro atoms. The Morgan fingerprint density at radius 2 is 2.12 bits per heavy atom. The normalized spacial score (nSPS) is 10.3. The van der Waals surface area contributed by atoms with Crippen molar-refractivity contribution in [3.8, 4) is 0 Å². The number of ketones is 1. The van der Waals surface area contributed by atoms with Crippen LogP contribution in [-0.2, 0) is 0 Å². The molecule has 0 saturated heterocycles. The van der Waals surface area contributed by atoms with E-state index in [1.165, 1.54) is 11.5 Å². The average Bonchev–Trinajstić information content (AvgIpc) is 2.63. The summed E-state index contributed by atoms with van der Waals surface area (Å²) in [5.74, 6) is 0.0332. The third-order valence-electron chi connectivity index (χ3n) is 2.34. The number of hydrogen-bond acceptors (Lipinski definition) is 4. The zero-order chi connectivity index (χ0) is 12.4. The second-order valence-corrected chi connectivity index (χ2v) is 5.26. The summed E-state index contributed by atoms with van der Waals surface area (Å²) < 4.78 is 5.17. The SMILES string of the molecule is CC(=O)c1c(C)nsc1Nc1ccccc1Br. The minimum Gasteiger partial charge on any atom is -0.344 e. The summed E-state index contributed by atoms with van der Waals surface area (Å²) in [5.41, 5.74) is 2.38. The molecule has 1 aromatic heterocycles. The summed E-state index contributed by atoms with van der Waals surface area (Å²) >= 11 is 4.76. The standard InChI is InChI=1S/C12H11BrN2OS/c1-7-11(8(2)16)12(17-15-7)14-10-6-4-3-5-9(10)13/h3-6,14H,1-2H3. The Kier molecular flexibility index (Phi) is 3.59. The summed E-state index contributed by atoms with van der Waals surface area (Å²) in [6.07, 6.45) is 0. The van der Waals surface area contributed by atoms with Crippen LogP contribution in [0, 0.1) is 6.92 Å². The molecule has 1 N–H and O–H groups in total. The van der Waals surface area contributed by atoms with E-state index in [1.54, 1.807) is 6.92 Å². The molecule has 0 radical (unpaired) electrons. The van der Waals surface area contributed by atoms with Gasteiger partial charge in [0, 0.05) is 4.47 Å². The number of Topliss-reactive ketones (excluding diaryl/α,β-unsaturated/α-hetero) is 1. The van der Waals surface area contributed by atoms with E-state index in [9.17, 15) is 4.79 Å². The molecule has 2 rings (SSSR count). The third kappa shape index (κ3) is 2.56. The van der Waals surface area contributed by atoms with Crippen LogP contribution >= 0.6 is 27.5 Å². The number of hydrogen-bond donors (Lipinski definition) is 1. The molecule has 5 heteroatoms. The van der Waals surface area contributed by atoms with Crippen LogP contribution in [0.1, 0.15) is 23.0 Å². The highest BCUT2D eigenvalue weighted by Crippen LogP contribution is 2.31. The van der Waals surface area contributed by atoms with E-state index >= 15 is 0 Å². The highest BCUT2D eigenvalue weighted by atomic mass is 79.9. The number of anilines is 2. The molecule has 0 atom stereocenters. The van der Waals surface area contributed by atoms with Crippen LogP contribution in [0.15, 0.2) is 28.7 Å². The molecule has 0 aliphatic heterocycles. The van der Waals surface area contributed by atoms with E-state index in [1.807, 2.05) is 31.2 Å². The fourth-order valence-corrected chi connectivity index (χ4v) is 2.80. The predicted octanol–water partition coefficient (Wildman–Crippen LogP) is 4.16. The highest BCUT2D eigenvalue weighted by molar-refractivity contribution is 9.10. The lowest BCUT2D eigenvalue weighted by Crippen LogP contribution is -1.98. The Morgan fingerprint density at radius 3 is 2.76 bits per heavy atom. The van der Waals surface area contributed by atoms with E-state index in [4.69, 9.17) is 0 Å². The molecule has 0 saturated carbocycles. The second kappa shape index (κ2) is 4.98. The van der Waals surface area contributed by atoms with E-state index in [0.717, 1.165) is 20.9 Å². The van der Waals surface area contributed by atoms with Crippen LogP contribution in [0.25, 0.3) is 0 Å². The van der Waals surface area contributed by atoms with Crippen molar-refractivity contribution in [3.63, 3.8) is 0 Å². The Labute approximate surface area is 112 Å². The van der Waals surface area contributed by atoms with Gasteiger partial charge in [0.25, 0.3) is 0 Å². The quantitative estimate of drug-likeness (QED) is 0.865. The van der Waals surface area contributed by atoms with E-state index in [0.29, 0.717) is 5.56 Å². The fraction of sp³-hybridized carbons (Fsp3) is 0.167. The maximum Gasteiger partial charge on any atom is 0.164 e. The van der Waals surface area contributed by atoms with Crippen molar-refractivity contribution in [1.82, 2.24) is 4.37 Å². The monoisotopic (exact) mass is 310 g/mol. The summed E-state index contributed by atoms with van der Waals surface area (Å²) in [4.78, 5) is 11.5. The highest BCUT2D eigenvalue weighted by Gasteiger charge is 2.15. The summed E-state index contributed by atoms with van der Waals surface area (Å²) in [6.45, 7) is 3.40. The van der Waals surface area contributed by atoms with Crippen molar-refractivity contribution in [2.45, 2.75) is 13.8 Å². The molecule has 2 aromatic rings. The molecule has 1 heterocycles. The third-order valence-corrected chi connectivity index (χ3v) is 3.88. The minimum atomic E-state index is 0.0332. The molecule has 0 aliphatic carbocycles. The number of para-hydroxylation sites is 1. The fourth-order valence-electron chi connectivity index (χ4n) is 1.55. The van der Waals surface area contributed by atoms with Crippen LogP contribution in [-0.4, -0.2) is 10.2 Å². The van der Waals surface area contributed by atoms with Gasteiger partial charge >= 0.3 is 0 Å². The van der Waals surface area contributed by atoms with Gasteiger partial charge in [-0.2, -0.15) is 4.37 Å². The van der Waals surface area contributed by atoms with Gasteiger partial charge in [-0.25, -0.2) is 0 Å². The molecule has 0 fully saturated rings. The van der Waals surface area contributed by atoms with Crippen molar-refractivity contribution in [2.24, 2.45) is 0 Å². The molecule has 0 bridgehead atoms. The van der Waals surface area contributed by atoms with Crippen molar-refractivity contribution >= 4 is 43.9 Å². The van der Waals surface area contributed by atoms with Gasteiger partial charge in [-0.1, -0.05) is 12.1 Å². The number of rotatable bonds is 3. The lowest BCUT2D eigenvalue weighted by molar-refractivity contribution is 0.101. The van der Waals surface area contributed by atoms with Crippen molar-refractivity contribution in [1.29, 1.82) is 0 Å². The van der Waals surface area contributed by atoms with Crippen molar-refractivity contribution in [2.75, 3.05) is 5.32 Å². The number of aryl methyl sites for hydroxylation is 1. The number of benzene rings is 1. The maximum absolute atomic E-state index is 11.5. The first-order valence-electron chi connectivity index (χ1n) is 5.08. The molecule has 17 heavy (non-hydrogen) atoms. The minimum absolute atomic E-state index is 0.0332. The van der Waals surface area contributed by atoms with Crippen molar-refractivity contribution in [3.05, 3.63) is 40.0 Å². The molecule has 0 aliphatic rings. The first-order valence-corrected chi connectivity index (χ1v) is 6.65. The molecule has 1 aromatic carbocycles. The second-order valence-electron chi connectivity index (χ2n) is 3.63. The van der Waals surface area contributed by atoms with Crippen LogP contribution < -0.4 is 5.32 Å². The zero-order valence-corrected chi connectivity index (χ0v) is 11.9. The summed E-state index contributed by atoms with van der Waals surface area (Å²) in [5, 5.41) is 4.02.